The SMILES string of the molecule is COc1ccc2c(-c3cc(C)cc4c3sc3cccc(C)c34)ncnc2c1. The number of aryl methyl sites for hydroxylation is 2. The molecule has 0 bridgehead atoms. The van der Waals surface area contributed by atoms with E-state index in [2.05, 4.69) is 60.2 Å². The predicted octanol–water partition coefficient (Wildman–Crippen LogP) is 6.29. The Morgan fingerprint density at radius 2 is 1.81 bits per heavy atom. The largest absolute Gasteiger partial charge is 0.497 e. The maximum Gasteiger partial charge on any atom is 0.121 e. The van der Waals surface area contributed by atoms with Crippen molar-refractivity contribution in [2.75, 3.05) is 7.11 Å². The maximum absolute atomic E-state index is 5.35. The zero-order valence-corrected chi connectivity index (χ0v) is 16.2. The predicted molar refractivity (Wildman–Crippen MR) is 114 cm³/mol. The average Bonchev–Trinajstić information content (AvgIpc) is 3.06. The summed E-state index contributed by atoms with van der Waals surface area (Å²) in [5, 5.41) is 3.70. The molecule has 27 heavy (non-hydrogen) atoms. The number of fused-ring (bicyclic) bond motifs is 4. The summed E-state index contributed by atoms with van der Waals surface area (Å²) in [5.74, 6) is 0.805. The van der Waals surface area contributed by atoms with E-state index in [-0.39, 0.29) is 0 Å². The van der Waals surface area contributed by atoms with Crippen LogP contribution in [0, 0.1) is 13.8 Å². The highest BCUT2D eigenvalue weighted by molar-refractivity contribution is 7.26. The van der Waals surface area contributed by atoms with Crippen molar-refractivity contribution in [2.24, 2.45) is 0 Å². The minimum Gasteiger partial charge on any atom is -0.497 e. The summed E-state index contributed by atoms with van der Waals surface area (Å²) in [6.07, 6.45) is 1.64. The Labute approximate surface area is 161 Å². The van der Waals surface area contributed by atoms with Gasteiger partial charge in [0.2, 0.25) is 0 Å². The second-order valence-corrected chi connectivity index (χ2v) is 7.90. The van der Waals surface area contributed by atoms with E-state index >= 15 is 0 Å². The van der Waals surface area contributed by atoms with Crippen molar-refractivity contribution in [1.82, 2.24) is 9.97 Å². The van der Waals surface area contributed by atoms with E-state index < -0.39 is 0 Å². The van der Waals surface area contributed by atoms with Gasteiger partial charge in [-0.25, -0.2) is 9.97 Å². The van der Waals surface area contributed by atoms with E-state index in [1.165, 1.54) is 36.9 Å². The van der Waals surface area contributed by atoms with E-state index in [1.54, 1.807) is 13.4 Å². The first-order chi connectivity index (χ1) is 13.2. The second-order valence-electron chi connectivity index (χ2n) is 6.84. The third-order valence-electron chi connectivity index (χ3n) is 5.05. The van der Waals surface area contributed by atoms with Crippen LogP contribution in [0.25, 0.3) is 42.3 Å². The maximum atomic E-state index is 5.35. The molecular weight excluding hydrogens is 352 g/mol. The van der Waals surface area contributed by atoms with Crippen LogP contribution in [0.15, 0.2) is 54.9 Å². The van der Waals surface area contributed by atoms with Crippen molar-refractivity contribution < 1.29 is 4.74 Å². The lowest BCUT2D eigenvalue weighted by Crippen LogP contribution is -1.91. The highest BCUT2D eigenvalue weighted by atomic mass is 32.1. The van der Waals surface area contributed by atoms with Gasteiger partial charge in [0.1, 0.15) is 12.1 Å². The first-order valence-corrected chi connectivity index (χ1v) is 9.69. The van der Waals surface area contributed by atoms with Crippen LogP contribution < -0.4 is 4.74 Å². The molecule has 5 aromatic rings. The highest BCUT2D eigenvalue weighted by Crippen LogP contribution is 2.42. The molecule has 2 aromatic heterocycles. The lowest BCUT2D eigenvalue weighted by Gasteiger charge is -2.09. The Kier molecular flexibility index (Phi) is 3.62. The molecule has 0 N–H and O–H groups in total. The van der Waals surface area contributed by atoms with Crippen molar-refractivity contribution in [3.63, 3.8) is 0 Å². The molecule has 5 rings (SSSR count). The lowest BCUT2D eigenvalue weighted by atomic mass is 9.99. The van der Waals surface area contributed by atoms with E-state index in [0.29, 0.717) is 0 Å². The van der Waals surface area contributed by atoms with Gasteiger partial charge in [0.25, 0.3) is 0 Å². The van der Waals surface area contributed by atoms with Crippen LogP contribution in [0.5, 0.6) is 5.75 Å². The monoisotopic (exact) mass is 370 g/mol. The van der Waals surface area contributed by atoms with E-state index in [1.807, 2.05) is 23.5 Å². The molecule has 4 heteroatoms. The number of methoxy groups -OCH3 is 1. The molecule has 0 atom stereocenters. The Hall–Kier alpha value is -2.98. The molecule has 0 fully saturated rings. The van der Waals surface area contributed by atoms with E-state index in [4.69, 9.17) is 4.74 Å². The van der Waals surface area contributed by atoms with Crippen LogP contribution in [0.2, 0.25) is 0 Å². The van der Waals surface area contributed by atoms with Gasteiger partial charge in [0.15, 0.2) is 0 Å². The fraction of sp³-hybridized carbons (Fsp3) is 0.130. The van der Waals surface area contributed by atoms with E-state index in [9.17, 15) is 0 Å². The lowest BCUT2D eigenvalue weighted by molar-refractivity contribution is 0.415. The minimum absolute atomic E-state index is 0.805. The van der Waals surface area contributed by atoms with Crippen LogP contribution in [0.4, 0.5) is 0 Å². The summed E-state index contributed by atoms with van der Waals surface area (Å²) < 4.78 is 7.95. The van der Waals surface area contributed by atoms with Crippen molar-refractivity contribution >= 4 is 42.4 Å². The molecular formula is C23H18N2OS. The molecule has 3 aromatic carbocycles. The van der Waals surface area contributed by atoms with Gasteiger partial charge in [-0.2, -0.15) is 0 Å². The minimum atomic E-state index is 0.805. The number of thiophene rings is 1. The highest BCUT2D eigenvalue weighted by Gasteiger charge is 2.16. The molecule has 0 unspecified atom stereocenters. The standard InChI is InChI=1S/C23H18N2OS/c1-13-9-17-21-14(2)5-4-6-20(21)27-23(17)18(10-13)22-16-8-7-15(26-3)11-19(16)24-12-25-22/h4-12H,1-3H3. The van der Waals surface area contributed by atoms with Crippen molar-refractivity contribution in [1.29, 1.82) is 0 Å². The zero-order chi connectivity index (χ0) is 18.5. The topological polar surface area (TPSA) is 35.0 Å². The van der Waals surface area contributed by atoms with Crippen LogP contribution in [0.1, 0.15) is 11.1 Å². The normalized spacial score (nSPS) is 11.5. The summed E-state index contributed by atoms with van der Waals surface area (Å²) in [7, 11) is 1.67. The molecule has 0 amide bonds. The quantitative estimate of drug-likeness (QED) is 0.366. The number of hydrogen-bond donors (Lipinski definition) is 0. The molecule has 0 spiro atoms. The molecule has 0 aliphatic carbocycles. The first-order valence-electron chi connectivity index (χ1n) is 8.87. The zero-order valence-electron chi connectivity index (χ0n) is 15.4. The fourth-order valence-corrected chi connectivity index (χ4v) is 5.08. The van der Waals surface area contributed by atoms with Crippen molar-refractivity contribution in [3.8, 4) is 17.0 Å². The number of rotatable bonds is 2. The number of ether oxygens (including phenoxy) is 1. The molecule has 3 nitrogen and oxygen atoms in total. The van der Waals surface area contributed by atoms with Crippen molar-refractivity contribution in [2.45, 2.75) is 13.8 Å². The molecule has 0 aliphatic rings. The summed E-state index contributed by atoms with van der Waals surface area (Å²) in [5.41, 5.74) is 5.59. The number of benzene rings is 3. The number of nitrogens with zero attached hydrogens (tertiary/aromatic N) is 2. The van der Waals surface area contributed by atoms with Gasteiger partial charge in [0.05, 0.1) is 18.3 Å². The summed E-state index contributed by atoms with van der Waals surface area (Å²) in [6.45, 7) is 4.33. The van der Waals surface area contributed by atoms with Gasteiger partial charge in [-0.15, -0.1) is 11.3 Å². The summed E-state index contributed by atoms with van der Waals surface area (Å²) >= 11 is 1.84. The smallest absolute Gasteiger partial charge is 0.121 e. The molecule has 0 saturated heterocycles. The van der Waals surface area contributed by atoms with Crippen LogP contribution >= 0.6 is 11.3 Å². The van der Waals surface area contributed by atoms with Gasteiger partial charge in [-0.05, 0) is 55.3 Å². The summed E-state index contributed by atoms with van der Waals surface area (Å²) in [4.78, 5) is 9.12. The van der Waals surface area contributed by atoms with Crippen LogP contribution in [-0.2, 0) is 0 Å². The number of hydrogen-bond acceptors (Lipinski definition) is 4. The molecule has 132 valence electrons. The Morgan fingerprint density at radius 3 is 2.67 bits per heavy atom. The third kappa shape index (κ3) is 2.48. The third-order valence-corrected chi connectivity index (χ3v) is 6.25. The van der Waals surface area contributed by atoms with Crippen LogP contribution in [-0.4, -0.2) is 17.1 Å². The molecule has 0 aliphatic heterocycles. The Bertz CT molecular complexity index is 1340. The van der Waals surface area contributed by atoms with Crippen molar-refractivity contribution in [3.05, 3.63) is 66.0 Å². The fourth-order valence-electron chi connectivity index (χ4n) is 3.80. The van der Waals surface area contributed by atoms with Gasteiger partial charge in [0, 0.05) is 37.2 Å². The van der Waals surface area contributed by atoms with Crippen LogP contribution in [0.3, 0.4) is 0 Å². The van der Waals surface area contributed by atoms with E-state index in [0.717, 1.165) is 22.3 Å². The Morgan fingerprint density at radius 1 is 0.926 bits per heavy atom. The number of aromatic nitrogens is 2. The molecule has 0 radical (unpaired) electrons. The van der Waals surface area contributed by atoms with Gasteiger partial charge >= 0.3 is 0 Å². The first kappa shape index (κ1) is 16.2. The Balaban J connectivity index is 1.90. The second kappa shape index (κ2) is 6.03. The van der Waals surface area contributed by atoms with Gasteiger partial charge < -0.3 is 4.74 Å². The summed E-state index contributed by atoms with van der Waals surface area (Å²) in [6, 6.07) is 17.0. The molecule has 0 saturated carbocycles. The molecule has 2 heterocycles. The van der Waals surface area contributed by atoms with Gasteiger partial charge in [-0.3, -0.25) is 0 Å². The average molecular weight is 370 g/mol. The van der Waals surface area contributed by atoms with Gasteiger partial charge in [-0.1, -0.05) is 12.1 Å².